The highest BCUT2D eigenvalue weighted by Gasteiger charge is 2.22. The Morgan fingerprint density at radius 3 is 2.20 bits per heavy atom. The molecule has 1 saturated heterocycles. The fraction of sp³-hybridized carbons (Fsp3) is 0.429. The Morgan fingerprint density at radius 2 is 1.65 bits per heavy atom. The summed E-state index contributed by atoms with van der Waals surface area (Å²) in [7, 11) is 0. The molecule has 0 unspecified atom stereocenters. The van der Waals surface area contributed by atoms with Crippen LogP contribution in [-0.2, 0) is 9.59 Å². The molecule has 6 nitrogen and oxygen atoms in total. The first-order valence-electron chi connectivity index (χ1n) is 6.51. The van der Waals surface area contributed by atoms with E-state index in [1.807, 2.05) is 0 Å². The van der Waals surface area contributed by atoms with Gasteiger partial charge in [0.2, 0.25) is 5.91 Å². The van der Waals surface area contributed by atoms with Crippen LogP contribution in [0.3, 0.4) is 0 Å². The van der Waals surface area contributed by atoms with E-state index in [-0.39, 0.29) is 24.2 Å². The highest BCUT2D eigenvalue weighted by molar-refractivity contribution is 5.78. The molecule has 6 heteroatoms. The maximum atomic E-state index is 12.0. The van der Waals surface area contributed by atoms with Crippen molar-refractivity contribution in [3.63, 3.8) is 0 Å². The van der Waals surface area contributed by atoms with Crippen molar-refractivity contribution in [2.45, 2.75) is 6.92 Å². The summed E-state index contributed by atoms with van der Waals surface area (Å²) < 4.78 is 5.37. The van der Waals surface area contributed by atoms with Gasteiger partial charge in [-0.1, -0.05) is 0 Å². The quantitative estimate of drug-likeness (QED) is 0.872. The van der Waals surface area contributed by atoms with Crippen molar-refractivity contribution in [3.05, 3.63) is 24.3 Å². The molecule has 1 aromatic rings. The van der Waals surface area contributed by atoms with E-state index in [0.29, 0.717) is 31.9 Å². The van der Waals surface area contributed by atoms with Crippen LogP contribution >= 0.6 is 0 Å². The molecule has 1 aliphatic rings. The lowest BCUT2D eigenvalue weighted by atomic mass is 10.3. The third-order valence-corrected chi connectivity index (χ3v) is 3.28. The third-order valence-electron chi connectivity index (χ3n) is 3.28. The monoisotopic (exact) mass is 278 g/mol. The second-order valence-electron chi connectivity index (χ2n) is 4.67. The number of rotatable bonds is 3. The van der Waals surface area contributed by atoms with Gasteiger partial charge in [0.15, 0.2) is 6.61 Å². The van der Waals surface area contributed by atoms with E-state index in [2.05, 4.69) is 0 Å². The molecule has 0 atom stereocenters. The molecule has 0 aliphatic carbocycles. The van der Waals surface area contributed by atoms with Gasteiger partial charge in [-0.15, -0.1) is 0 Å². The van der Waals surface area contributed by atoms with Crippen LogP contribution in [0.4, 0.5) is 0 Å². The minimum absolute atomic E-state index is 0.0369. The zero-order valence-electron chi connectivity index (χ0n) is 11.4. The highest BCUT2D eigenvalue weighted by Crippen LogP contribution is 2.16. The summed E-state index contributed by atoms with van der Waals surface area (Å²) in [4.78, 5) is 26.6. The number of carbonyl (C=O) groups excluding carboxylic acids is 2. The summed E-state index contributed by atoms with van der Waals surface area (Å²) >= 11 is 0. The van der Waals surface area contributed by atoms with Gasteiger partial charge in [0.1, 0.15) is 11.5 Å². The first-order valence-corrected chi connectivity index (χ1v) is 6.51. The molecule has 2 amide bonds. The van der Waals surface area contributed by atoms with Crippen molar-refractivity contribution in [2.75, 3.05) is 32.8 Å². The van der Waals surface area contributed by atoms with E-state index in [1.54, 1.807) is 21.9 Å². The summed E-state index contributed by atoms with van der Waals surface area (Å²) in [5, 5.41) is 9.14. The number of phenols is 1. The van der Waals surface area contributed by atoms with Crippen LogP contribution in [0.15, 0.2) is 24.3 Å². The molecule has 1 heterocycles. The largest absolute Gasteiger partial charge is 0.508 e. The van der Waals surface area contributed by atoms with Gasteiger partial charge in [-0.25, -0.2) is 0 Å². The van der Waals surface area contributed by atoms with Crippen molar-refractivity contribution < 1.29 is 19.4 Å². The highest BCUT2D eigenvalue weighted by atomic mass is 16.5. The number of phenolic OH excluding ortho intramolecular Hbond substituents is 1. The standard InChI is InChI=1S/C14H18N2O4/c1-11(17)15-6-8-16(9-7-15)14(19)10-20-13-4-2-12(18)3-5-13/h2-5,18H,6-10H2,1H3. The van der Waals surface area contributed by atoms with Crippen LogP contribution in [-0.4, -0.2) is 59.5 Å². The van der Waals surface area contributed by atoms with E-state index in [1.165, 1.54) is 19.1 Å². The van der Waals surface area contributed by atoms with Crippen LogP contribution in [0.25, 0.3) is 0 Å². The number of amides is 2. The van der Waals surface area contributed by atoms with Crippen LogP contribution < -0.4 is 4.74 Å². The predicted molar refractivity (Wildman–Crippen MR) is 72.4 cm³/mol. The second kappa shape index (κ2) is 6.27. The van der Waals surface area contributed by atoms with E-state index < -0.39 is 0 Å². The molecule has 0 aromatic heterocycles. The molecule has 0 bridgehead atoms. The molecule has 0 saturated carbocycles. The average Bonchev–Trinajstić information content (AvgIpc) is 2.46. The van der Waals surface area contributed by atoms with Crippen molar-refractivity contribution in [3.8, 4) is 11.5 Å². The molecule has 0 radical (unpaired) electrons. The summed E-state index contributed by atoms with van der Waals surface area (Å²) in [5.74, 6) is 0.640. The second-order valence-corrected chi connectivity index (χ2v) is 4.67. The maximum absolute atomic E-state index is 12.0. The number of piperazine rings is 1. The van der Waals surface area contributed by atoms with Crippen LogP contribution in [0.1, 0.15) is 6.92 Å². The Kier molecular flexibility index (Phi) is 4.45. The lowest BCUT2D eigenvalue weighted by Crippen LogP contribution is -2.51. The first kappa shape index (κ1) is 14.2. The topological polar surface area (TPSA) is 70.1 Å². The van der Waals surface area contributed by atoms with Gasteiger partial charge in [-0.05, 0) is 24.3 Å². The van der Waals surface area contributed by atoms with Gasteiger partial charge in [0.05, 0.1) is 0 Å². The van der Waals surface area contributed by atoms with Crippen molar-refractivity contribution >= 4 is 11.8 Å². The van der Waals surface area contributed by atoms with Gasteiger partial charge < -0.3 is 19.6 Å². The summed E-state index contributed by atoms with van der Waals surface area (Å²) in [6.07, 6.45) is 0. The van der Waals surface area contributed by atoms with E-state index in [9.17, 15) is 9.59 Å². The fourth-order valence-electron chi connectivity index (χ4n) is 2.05. The molecule has 1 fully saturated rings. The van der Waals surface area contributed by atoms with E-state index in [0.717, 1.165) is 0 Å². The molecular formula is C14H18N2O4. The zero-order chi connectivity index (χ0) is 14.5. The lowest BCUT2D eigenvalue weighted by Gasteiger charge is -2.34. The number of aromatic hydroxyl groups is 1. The molecule has 108 valence electrons. The van der Waals surface area contributed by atoms with Crippen molar-refractivity contribution in [2.24, 2.45) is 0 Å². The minimum atomic E-state index is -0.0960. The average molecular weight is 278 g/mol. The van der Waals surface area contributed by atoms with Gasteiger partial charge in [0.25, 0.3) is 5.91 Å². The summed E-state index contributed by atoms with van der Waals surface area (Å²) in [5.41, 5.74) is 0. The molecule has 2 rings (SSSR count). The molecule has 1 aliphatic heterocycles. The maximum Gasteiger partial charge on any atom is 0.260 e. The van der Waals surface area contributed by atoms with Crippen LogP contribution in [0, 0.1) is 0 Å². The molecular weight excluding hydrogens is 260 g/mol. The Labute approximate surface area is 117 Å². The third kappa shape index (κ3) is 3.63. The van der Waals surface area contributed by atoms with Crippen LogP contribution in [0.2, 0.25) is 0 Å². The molecule has 20 heavy (non-hydrogen) atoms. The number of carbonyl (C=O) groups is 2. The van der Waals surface area contributed by atoms with Gasteiger partial charge in [0, 0.05) is 33.1 Å². The Bertz CT molecular complexity index is 478. The molecule has 0 spiro atoms. The lowest BCUT2D eigenvalue weighted by molar-refractivity contribution is -0.139. The summed E-state index contributed by atoms with van der Waals surface area (Å²) in [6.45, 7) is 3.71. The SMILES string of the molecule is CC(=O)N1CCN(C(=O)COc2ccc(O)cc2)CC1. The van der Waals surface area contributed by atoms with Crippen LogP contribution in [0.5, 0.6) is 11.5 Å². The number of nitrogens with zero attached hydrogens (tertiary/aromatic N) is 2. The van der Waals surface area contributed by atoms with Crippen molar-refractivity contribution in [1.82, 2.24) is 9.80 Å². The smallest absolute Gasteiger partial charge is 0.260 e. The Balaban J connectivity index is 1.78. The van der Waals surface area contributed by atoms with Crippen molar-refractivity contribution in [1.29, 1.82) is 0 Å². The van der Waals surface area contributed by atoms with Gasteiger partial charge in [-0.2, -0.15) is 0 Å². The first-order chi connectivity index (χ1) is 9.56. The number of hydrogen-bond donors (Lipinski definition) is 1. The van der Waals surface area contributed by atoms with Gasteiger partial charge in [-0.3, -0.25) is 9.59 Å². The minimum Gasteiger partial charge on any atom is -0.508 e. The normalized spacial score (nSPS) is 15.1. The molecule has 1 aromatic carbocycles. The van der Waals surface area contributed by atoms with E-state index >= 15 is 0 Å². The Hall–Kier alpha value is -2.24. The fourth-order valence-corrected chi connectivity index (χ4v) is 2.05. The zero-order valence-corrected chi connectivity index (χ0v) is 11.4. The van der Waals surface area contributed by atoms with Gasteiger partial charge >= 0.3 is 0 Å². The number of benzene rings is 1. The number of hydrogen-bond acceptors (Lipinski definition) is 4. The van der Waals surface area contributed by atoms with E-state index in [4.69, 9.17) is 9.84 Å². The summed E-state index contributed by atoms with van der Waals surface area (Å²) in [6, 6.07) is 6.23. The molecule has 1 N–H and O–H groups in total. The Morgan fingerprint density at radius 1 is 1.10 bits per heavy atom. The predicted octanol–water partition coefficient (Wildman–Crippen LogP) is 0.462. The number of ether oxygens (including phenoxy) is 1.